The van der Waals surface area contributed by atoms with Gasteiger partial charge in [-0.15, -0.1) is 0 Å². The van der Waals surface area contributed by atoms with Gasteiger partial charge in [-0.1, -0.05) is 29.8 Å². The molecule has 3 N–H and O–H groups in total. The van der Waals surface area contributed by atoms with E-state index < -0.39 is 0 Å². The van der Waals surface area contributed by atoms with Crippen LogP contribution in [0, 0.1) is 0 Å². The number of hydrogen-bond acceptors (Lipinski definition) is 2. The zero-order valence-corrected chi connectivity index (χ0v) is 11.0. The Morgan fingerprint density at radius 3 is 3.00 bits per heavy atom. The molecule has 1 saturated heterocycles. The molecular formula is C13H18ClN3O. The van der Waals surface area contributed by atoms with Crippen molar-refractivity contribution in [3.05, 3.63) is 34.9 Å². The zero-order valence-electron chi connectivity index (χ0n) is 10.2. The summed E-state index contributed by atoms with van der Waals surface area (Å²) < 4.78 is 0. The summed E-state index contributed by atoms with van der Waals surface area (Å²) in [6, 6.07) is 7.60. The summed E-state index contributed by atoms with van der Waals surface area (Å²) in [5.74, 6) is 0. The largest absolute Gasteiger partial charge is 0.334 e. The Hall–Kier alpha value is -1.26. The molecule has 1 heterocycles. The Morgan fingerprint density at radius 1 is 1.44 bits per heavy atom. The van der Waals surface area contributed by atoms with E-state index in [4.69, 9.17) is 11.6 Å². The van der Waals surface area contributed by atoms with Crippen molar-refractivity contribution in [2.45, 2.75) is 25.4 Å². The van der Waals surface area contributed by atoms with Crippen molar-refractivity contribution in [3.8, 4) is 0 Å². The van der Waals surface area contributed by atoms with Crippen LogP contribution in [0.5, 0.6) is 0 Å². The van der Waals surface area contributed by atoms with Gasteiger partial charge in [0.15, 0.2) is 0 Å². The summed E-state index contributed by atoms with van der Waals surface area (Å²) in [5.41, 5.74) is 0.927. The van der Waals surface area contributed by atoms with Gasteiger partial charge in [-0.2, -0.15) is 0 Å². The van der Waals surface area contributed by atoms with Crippen molar-refractivity contribution < 1.29 is 4.79 Å². The van der Waals surface area contributed by atoms with Crippen molar-refractivity contribution in [1.82, 2.24) is 16.0 Å². The molecule has 1 atom stereocenters. The maximum atomic E-state index is 11.7. The molecule has 2 amide bonds. The van der Waals surface area contributed by atoms with Crippen LogP contribution in [0.25, 0.3) is 0 Å². The molecule has 1 aliphatic rings. The average Bonchev–Trinajstić information content (AvgIpc) is 2.39. The first-order chi connectivity index (χ1) is 8.75. The molecule has 1 unspecified atom stereocenters. The van der Waals surface area contributed by atoms with Gasteiger partial charge in [-0.05, 0) is 31.0 Å². The van der Waals surface area contributed by atoms with E-state index in [1.807, 2.05) is 24.3 Å². The second-order valence-electron chi connectivity index (χ2n) is 4.46. The third-order valence-corrected chi connectivity index (χ3v) is 3.40. The Morgan fingerprint density at radius 2 is 2.28 bits per heavy atom. The standard InChI is InChI=1S/C13H18ClN3O/c14-12-6-2-1-4-10(12)8-16-13(18)17-11-5-3-7-15-9-11/h1-2,4,6,11,15H,3,5,7-9H2,(H2,16,17,18). The highest BCUT2D eigenvalue weighted by atomic mass is 35.5. The summed E-state index contributed by atoms with van der Waals surface area (Å²) in [6.45, 7) is 2.34. The Balaban J connectivity index is 1.76. The molecule has 1 aliphatic heterocycles. The molecule has 0 bridgehead atoms. The zero-order chi connectivity index (χ0) is 12.8. The van der Waals surface area contributed by atoms with Crippen LogP contribution in [0.2, 0.25) is 5.02 Å². The average molecular weight is 268 g/mol. The molecule has 1 aromatic carbocycles. The number of rotatable bonds is 3. The van der Waals surface area contributed by atoms with Gasteiger partial charge in [0.05, 0.1) is 0 Å². The highest BCUT2D eigenvalue weighted by Crippen LogP contribution is 2.14. The fourth-order valence-electron chi connectivity index (χ4n) is 2.03. The van der Waals surface area contributed by atoms with Gasteiger partial charge in [0.25, 0.3) is 0 Å². The number of carbonyl (C=O) groups excluding carboxylic acids is 1. The first-order valence-corrected chi connectivity index (χ1v) is 6.62. The minimum absolute atomic E-state index is 0.136. The minimum atomic E-state index is -0.136. The summed E-state index contributed by atoms with van der Waals surface area (Å²) in [5, 5.41) is 9.72. The number of carbonyl (C=O) groups is 1. The minimum Gasteiger partial charge on any atom is -0.334 e. The number of piperidine rings is 1. The molecule has 2 rings (SSSR count). The molecule has 0 aliphatic carbocycles. The Kier molecular flexibility index (Phi) is 4.84. The van der Waals surface area contributed by atoms with Crippen LogP contribution in [0.15, 0.2) is 24.3 Å². The lowest BCUT2D eigenvalue weighted by Crippen LogP contribution is -2.48. The van der Waals surface area contributed by atoms with E-state index in [0.717, 1.165) is 31.5 Å². The summed E-state index contributed by atoms with van der Waals surface area (Å²) in [7, 11) is 0. The van der Waals surface area contributed by atoms with Crippen molar-refractivity contribution in [1.29, 1.82) is 0 Å². The third-order valence-electron chi connectivity index (χ3n) is 3.03. The van der Waals surface area contributed by atoms with Gasteiger partial charge in [0.2, 0.25) is 0 Å². The van der Waals surface area contributed by atoms with Crippen LogP contribution in [0.4, 0.5) is 4.79 Å². The monoisotopic (exact) mass is 267 g/mol. The molecule has 0 radical (unpaired) electrons. The van der Waals surface area contributed by atoms with Gasteiger partial charge >= 0.3 is 6.03 Å². The van der Waals surface area contributed by atoms with E-state index in [0.29, 0.717) is 11.6 Å². The fraction of sp³-hybridized carbons (Fsp3) is 0.462. The van der Waals surface area contributed by atoms with Crippen LogP contribution in [0.3, 0.4) is 0 Å². The number of benzene rings is 1. The van der Waals surface area contributed by atoms with E-state index in [9.17, 15) is 4.79 Å². The first-order valence-electron chi connectivity index (χ1n) is 6.24. The lowest BCUT2D eigenvalue weighted by Gasteiger charge is -2.23. The molecule has 0 saturated carbocycles. The van der Waals surface area contributed by atoms with Crippen molar-refractivity contribution in [3.63, 3.8) is 0 Å². The molecule has 18 heavy (non-hydrogen) atoms. The van der Waals surface area contributed by atoms with Gasteiger partial charge in [-0.3, -0.25) is 0 Å². The number of halogens is 1. The predicted octanol–water partition coefficient (Wildman–Crippen LogP) is 1.89. The molecule has 0 aromatic heterocycles. The summed E-state index contributed by atoms with van der Waals surface area (Å²) in [6.07, 6.45) is 2.14. The number of urea groups is 1. The quantitative estimate of drug-likeness (QED) is 0.783. The van der Waals surface area contributed by atoms with E-state index in [2.05, 4.69) is 16.0 Å². The molecule has 1 fully saturated rings. The SMILES string of the molecule is O=C(NCc1ccccc1Cl)NC1CCCNC1. The van der Waals surface area contributed by atoms with Crippen molar-refractivity contribution in [2.24, 2.45) is 0 Å². The lowest BCUT2D eigenvalue weighted by molar-refractivity contribution is 0.233. The normalized spacial score (nSPS) is 19.3. The van der Waals surface area contributed by atoms with Crippen molar-refractivity contribution in [2.75, 3.05) is 13.1 Å². The summed E-state index contributed by atoms with van der Waals surface area (Å²) in [4.78, 5) is 11.7. The first kappa shape index (κ1) is 13.2. The van der Waals surface area contributed by atoms with Gasteiger partial charge in [-0.25, -0.2) is 4.79 Å². The maximum absolute atomic E-state index is 11.7. The molecule has 1 aromatic rings. The van der Waals surface area contributed by atoms with Crippen LogP contribution >= 0.6 is 11.6 Å². The molecule has 98 valence electrons. The summed E-state index contributed by atoms with van der Waals surface area (Å²) >= 11 is 6.02. The second-order valence-corrected chi connectivity index (χ2v) is 4.87. The van der Waals surface area contributed by atoms with Crippen LogP contribution < -0.4 is 16.0 Å². The highest BCUT2D eigenvalue weighted by molar-refractivity contribution is 6.31. The van der Waals surface area contributed by atoms with Crippen molar-refractivity contribution >= 4 is 17.6 Å². The van der Waals surface area contributed by atoms with E-state index in [1.54, 1.807) is 0 Å². The molecule has 0 spiro atoms. The number of amides is 2. The Bertz CT molecular complexity index is 405. The fourth-order valence-corrected chi connectivity index (χ4v) is 2.23. The molecule has 5 heteroatoms. The Labute approximate surface area is 112 Å². The van der Waals surface area contributed by atoms with Crippen LogP contribution in [-0.4, -0.2) is 25.2 Å². The molecular weight excluding hydrogens is 250 g/mol. The predicted molar refractivity (Wildman–Crippen MR) is 72.7 cm³/mol. The molecule has 4 nitrogen and oxygen atoms in total. The smallest absolute Gasteiger partial charge is 0.315 e. The van der Waals surface area contributed by atoms with Crippen LogP contribution in [0.1, 0.15) is 18.4 Å². The van der Waals surface area contributed by atoms with E-state index in [1.165, 1.54) is 0 Å². The number of nitrogens with one attached hydrogen (secondary N) is 3. The van der Waals surface area contributed by atoms with Crippen LogP contribution in [-0.2, 0) is 6.54 Å². The van der Waals surface area contributed by atoms with Gasteiger partial charge in [0, 0.05) is 24.2 Å². The number of hydrogen-bond donors (Lipinski definition) is 3. The van der Waals surface area contributed by atoms with Gasteiger partial charge in [0.1, 0.15) is 0 Å². The maximum Gasteiger partial charge on any atom is 0.315 e. The lowest BCUT2D eigenvalue weighted by atomic mass is 10.1. The topological polar surface area (TPSA) is 53.2 Å². The second kappa shape index (κ2) is 6.61. The van der Waals surface area contributed by atoms with E-state index in [-0.39, 0.29) is 12.1 Å². The third kappa shape index (κ3) is 3.89. The van der Waals surface area contributed by atoms with Gasteiger partial charge < -0.3 is 16.0 Å². The highest BCUT2D eigenvalue weighted by Gasteiger charge is 2.14. The van der Waals surface area contributed by atoms with E-state index >= 15 is 0 Å².